The van der Waals surface area contributed by atoms with Gasteiger partial charge in [0.05, 0.1) is 17.7 Å². The fourth-order valence-corrected chi connectivity index (χ4v) is 0.835. The highest BCUT2D eigenvalue weighted by Crippen LogP contribution is 2.13. The van der Waals surface area contributed by atoms with E-state index >= 15 is 0 Å². The van der Waals surface area contributed by atoms with E-state index < -0.39 is 0 Å². The van der Waals surface area contributed by atoms with Gasteiger partial charge in [-0.15, -0.1) is 0 Å². The monoisotopic (exact) mass is 150 g/mol. The minimum absolute atomic E-state index is 0.467. The van der Waals surface area contributed by atoms with E-state index in [4.69, 9.17) is 0 Å². The molecule has 0 aromatic heterocycles. The van der Waals surface area contributed by atoms with Gasteiger partial charge in [-0.1, -0.05) is 19.6 Å². The smallest absolute Gasteiger partial charge is 0.0960 e. The summed E-state index contributed by atoms with van der Waals surface area (Å²) in [5, 5.41) is 0. The molecule has 1 aliphatic rings. The summed E-state index contributed by atoms with van der Waals surface area (Å²) in [6.07, 6.45) is 1.83. The summed E-state index contributed by atoms with van der Waals surface area (Å²) >= 11 is 0. The van der Waals surface area contributed by atoms with Crippen LogP contribution in [0.25, 0.3) is 0 Å². The van der Waals surface area contributed by atoms with E-state index in [2.05, 4.69) is 24.6 Å². The van der Waals surface area contributed by atoms with E-state index in [0.717, 1.165) is 11.4 Å². The molecule has 2 nitrogen and oxygen atoms in total. The van der Waals surface area contributed by atoms with Crippen molar-refractivity contribution in [2.45, 2.75) is 20.8 Å². The first-order valence-electron chi connectivity index (χ1n) is 3.85. The lowest BCUT2D eigenvalue weighted by Crippen LogP contribution is -2.15. The molecule has 2 heteroatoms. The summed E-state index contributed by atoms with van der Waals surface area (Å²) in [6, 6.07) is 0. The van der Waals surface area contributed by atoms with E-state index in [-0.39, 0.29) is 0 Å². The summed E-state index contributed by atoms with van der Waals surface area (Å²) in [5.74, 6) is 0.467. The van der Waals surface area contributed by atoms with Crippen LogP contribution in [0.2, 0.25) is 0 Å². The molecular formula is C9H14N2. The third-order valence-electron chi connectivity index (χ3n) is 1.75. The van der Waals surface area contributed by atoms with Crippen LogP contribution in [0.1, 0.15) is 20.8 Å². The number of hydrogen-bond donors (Lipinski definition) is 0. The Morgan fingerprint density at radius 1 is 1.55 bits per heavy atom. The Kier molecular flexibility index (Phi) is 2.16. The second-order valence-electron chi connectivity index (χ2n) is 3.11. The fraction of sp³-hybridized carbons (Fsp3) is 0.556. The van der Waals surface area contributed by atoms with Crippen LogP contribution >= 0.6 is 0 Å². The standard InChI is InChI=1S/C9H14N2/c1-7(2)9-5-8(3)11(4)6-10-9/h6-7H,1-4H3. The number of aliphatic imine (C=N–C) groups is 1. The van der Waals surface area contributed by atoms with Gasteiger partial charge in [0.15, 0.2) is 0 Å². The second-order valence-corrected chi connectivity index (χ2v) is 3.11. The molecule has 0 saturated heterocycles. The zero-order valence-electron chi connectivity index (χ0n) is 7.55. The van der Waals surface area contributed by atoms with Gasteiger partial charge in [-0.25, -0.2) is 4.99 Å². The van der Waals surface area contributed by atoms with Crippen molar-refractivity contribution in [1.82, 2.24) is 4.90 Å². The van der Waals surface area contributed by atoms with Crippen molar-refractivity contribution in [3.63, 3.8) is 0 Å². The summed E-state index contributed by atoms with van der Waals surface area (Å²) in [6.45, 7) is 6.28. The van der Waals surface area contributed by atoms with Gasteiger partial charge in [0, 0.05) is 13.0 Å². The van der Waals surface area contributed by atoms with Crippen LogP contribution < -0.4 is 0 Å². The Labute approximate surface area is 67.9 Å². The molecule has 1 aliphatic heterocycles. The van der Waals surface area contributed by atoms with E-state index in [1.807, 2.05) is 25.2 Å². The molecule has 0 aliphatic carbocycles. The average molecular weight is 150 g/mol. The minimum atomic E-state index is 0.467. The highest BCUT2D eigenvalue weighted by molar-refractivity contribution is 5.60. The van der Waals surface area contributed by atoms with Gasteiger partial charge < -0.3 is 4.90 Å². The maximum atomic E-state index is 4.25. The van der Waals surface area contributed by atoms with Crippen LogP contribution in [0.15, 0.2) is 22.1 Å². The number of allylic oxidation sites excluding steroid dienone is 1. The van der Waals surface area contributed by atoms with Gasteiger partial charge in [-0.05, 0) is 6.92 Å². The molecule has 1 heterocycles. The summed E-state index contributed by atoms with van der Waals surface area (Å²) in [4.78, 5) is 6.21. The highest BCUT2D eigenvalue weighted by atomic mass is 15.1. The number of nitrogens with zero attached hydrogens (tertiary/aromatic N) is 2. The largest absolute Gasteiger partial charge is 0.333 e. The van der Waals surface area contributed by atoms with Gasteiger partial charge in [-0.2, -0.15) is 0 Å². The van der Waals surface area contributed by atoms with Crippen molar-refractivity contribution in [2.75, 3.05) is 7.05 Å². The first-order chi connectivity index (χ1) is 5.11. The molecule has 0 aromatic rings. The van der Waals surface area contributed by atoms with Crippen LogP contribution in [0.4, 0.5) is 0 Å². The zero-order valence-corrected chi connectivity index (χ0v) is 7.55. The van der Waals surface area contributed by atoms with Gasteiger partial charge >= 0.3 is 0 Å². The van der Waals surface area contributed by atoms with Crippen LogP contribution in [0.3, 0.4) is 0 Å². The third kappa shape index (κ3) is 1.72. The molecule has 0 amide bonds. The molecule has 1 rings (SSSR count). The summed E-state index contributed by atoms with van der Waals surface area (Å²) < 4.78 is 0. The van der Waals surface area contributed by atoms with Crippen molar-refractivity contribution in [3.8, 4) is 0 Å². The molecule has 0 atom stereocenters. The molecule has 0 N–H and O–H groups in total. The third-order valence-corrected chi connectivity index (χ3v) is 1.75. The molecule has 0 radical (unpaired) electrons. The molecule has 0 fully saturated rings. The van der Waals surface area contributed by atoms with Crippen LogP contribution in [0.5, 0.6) is 0 Å². The molecule has 0 unspecified atom stereocenters. The van der Waals surface area contributed by atoms with E-state index in [1.165, 1.54) is 0 Å². The maximum absolute atomic E-state index is 4.25. The highest BCUT2D eigenvalue weighted by Gasteiger charge is 2.05. The quantitative estimate of drug-likeness (QED) is 0.522. The van der Waals surface area contributed by atoms with Crippen LogP contribution in [-0.2, 0) is 0 Å². The first-order valence-corrected chi connectivity index (χ1v) is 3.85. The Morgan fingerprint density at radius 3 is 2.64 bits per heavy atom. The minimum Gasteiger partial charge on any atom is -0.333 e. The van der Waals surface area contributed by atoms with E-state index in [1.54, 1.807) is 0 Å². The lowest BCUT2D eigenvalue weighted by molar-refractivity contribution is 0.627. The van der Waals surface area contributed by atoms with Crippen molar-refractivity contribution < 1.29 is 0 Å². The Hall–Kier alpha value is -1.01. The average Bonchev–Trinajstić information content (AvgIpc) is 1.94. The van der Waals surface area contributed by atoms with Crippen molar-refractivity contribution >= 4 is 6.34 Å². The maximum Gasteiger partial charge on any atom is 0.0960 e. The van der Waals surface area contributed by atoms with Gasteiger partial charge in [-0.3, -0.25) is 0 Å². The SMILES string of the molecule is CC1=C=C(C(C)C)N=CN1C. The van der Waals surface area contributed by atoms with Gasteiger partial charge in [0.1, 0.15) is 0 Å². The van der Waals surface area contributed by atoms with E-state index in [0.29, 0.717) is 5.92 Å². The van der Waals surface area contributed by atoms with Crippen molar-refractivity contribution in [3.05, 3.63) is 17.1 Å². The predicted octanol–water partition coefficient (Wildman–Crippen LogP) is 2.00. The lowest BCUT2D eigenvalue weighted by atomic mass is 10.1. The summed E-state index contributed by atoms with van der Waals surface area (Å²) in [5.41, 5.74) is 5.40. The molecule has 0 saturated carbocycles. The normalized spacial score (nSPS) is 17.0. The number of rotatable bonds is 1. The lowest BCUT2D eigenvalue weighted by Gasteiger charge is -2.16. The van der Waals surface area contributed by atoms with Crippen molar-refractivity contribution in [2.24, 2.45) is 10.9 Å². The molecule has 0 bridgehead atoms. The molecular weight excluding hydrogens is 136 g/mol. The van der Waals surface area contributed by atoms with Crippen molar-refractivity contribution in [1.29, 1.82) is 0 Å². The summed E-state index contributed by atoms with van der Waals surface area (Å²) in [7, 11) is 1.98. The Bertz CT molecular complexity index is 242. The second kappa shape index (κ2) is 2.93. The Balaban J connectivity index is 2.99. The zero-order chi connectivity index (χ0) is 8.43. The van der Waals surface area contributed by atoms with Crippen LogP contribution in [-0.4, -0.2) is 18.3 Å². The molecule has 0 spiro atoms. The van der Waals surface area contributed by atoms with Crippen LogP contribution in [0, 0.1) is 5.92 Å². The van der Waals surface area contributed by atoms with E-state index in [9.17, 15) is 0 Å². The first kappa shape index (κ1) is 8.09. The molecule has 11 heavy (non-hydrogen) atoms. The Morgan fingerprint density at radius 2 is 2.18 bits per heavy atom. The topological polar surface area (TPSA) is 15.6 Å². The molecule has 60 valence electrons. The fourth-order valence-electron chi connectivity index (χ4n) is 0.835. The number of hydrogen-bond acceptors (Lipinski definition) is 2. The van der Waals surface area contributed by atoms with Gasteiger partial charge in [0.2, 0.25) is 0 Å². The van der Waals surface area contributed by atoms with Gasteiger partial charge in [0.25, 0.3) is 0 Å². The molecule has 0 aromatic carbocycles. The predicted molar refractivity (Wildman–Crippen MR) is 47.3 cm³/mol.